The van der Waals surface area contributed by atoms with E-state index in [4.69, 9.17) is 0 Å². The molecule has 1 N–H and O–H groups in total. The zero-order valence-electron chi connectivity index (χ0n) is 19.4. The summed E-state index contributed by atoms with van der Waals surface area (Å²) in [6.07, 6.45) is -10.1. The van der Waals surface area contributed by atoms with Gasteiger partial charge in [0.2, 0.25) is 11.8 Å². The van der Waals surface area contributed by atoms with E-state index < -0.39 is 47.8 Å². The smallest absolute Gasteiger partial charge is 0.352 e. The van der Waals surface area contributed by atoms with Crippen LogP contribution in [0, 0.1) is 5.92 Å². The van der Waals surface area contributed by atoms with E-state index in [0.717, 1.165) is 21.6 Å². The van der Waals surface area contributed by atoms with E-state index in [0.29, 0.717) is 12.1 Å². The summed E-state index contributed by atoms with van der Waals surface area (Å²) in [7, 11) is 0. The van der Waals surface area contributed by atoms with Crippen LogP contribution in [-0.2, 0) is 35.0 Å². The Morgan fingerprint density at radius 2 is 1.46 bits per heavy atom. The van der Waals surface area contributed by atoms with Crippen LogP contribution in [0.25, 0.3) is 11.1 Å². The first-order valence-corrected chi connectivity index (χ1v) is 11.4. The summed E-state index contributed by atoms with van der Waals surface area (Å²) in [5.74, 6) is -1.71. The first-order valence-electron chi connectivity index (χ1n) is 11.4. The molecule has 3 aromatic rings. The van der Waals surface area contributed by atoms with Crippen molar-refractivity contribution in [2.75, 3.05) is 6.54 Å². The summed E-state index contributed by atoms with van der Waals surface area (Å²) in [5, 5.41) is 2.80. The molecule has 0 bridgehead atoms. The number of hydrogen-bond donors (Lipinski definition) is 1. The highest BCUT2D eigenvalue weighted by atomic mass is 19.4. The van der Waals surface area contributed by atoms with Crippen molar-refractivity contribution in [2.24, 2.45) is 5.92 Å². The van der Waals surface area contributed by atoms with Gasteiger partial charge in [-0.15, -0.1) is 0 Å². The number of carbonyl (C=O) groups is 2. The van der Waals surface area contributed by atoms with Crippen molar-refractivity contribution in [3.8, 4) is 11.1 Å². The van der Waals surface area contributed by atoms with Crippen LogP contribution in [0.15, 0.2) is 72.8 Å². The molecule has 0 unspecified atom stereocenters. The van der Waals surface area contributed by atoms with Crippen LogP contribution in [0.4, 0.5) is 26.3 Å². The molecule has 0 saturated carbocycles. The number of benzene rings is 3. The summed E-state index contributed by atoms with van der Waals surface area (Å²) in [5.41, 5.74) is -0.461. The maximum atomic E-state index is 13.2. The van der Waals surface area contributed by atoms with Gasteiger partial charge in [-0.05, 0) is 40.5 Å². The Morgan fingerprint density at radius 3 is 2.08 bits per heavy atom. The number of alkyl halides is 6. The van der Waals surface area contributed by atoms with Gasteiger partial charge in [0.15, 0.2) is 0 Å². The molecule has 0 aromatic heterocycles. The minimum Gasteiger partial charge on any atom is -0.352 e. The zero-order valence-corrected chi connectivity index (χ0v) is 19.4. The Morgan fingerprint density at radius 1 is 0.865 bits per heavy atom. The van der Waals surface area contributed by atoms with E-state index in [1.807, 2.05) is 54.6 Å². The normalized spacial score (nSPS) is 16.2. The van der Waals surface area contributed by atoms with Crippen LogP contribution in [0.1, 0.15) is 28.7 Å². The molecular weight excluding hydrogens is 498 g/mol. The molecule has 0 aliphatic carbocycles. The molecule has 2 amide bonds. The van der Waals surface area contributed by atoms with Crippen LogP contribution < -0.4 is 5.32 Å². The average molecular weight is 520 g/mol. The van der Waals surface area contributed by atoms with E-state index in [9.17, 15) is 35.9 Å². The van der Waals surface area contributed by atoms with Crippen molar-refractivity contribution in [3.05, 3.63) is 95.1 Å². The first kappa shape index (κ1) is 26.2. The van der Waals surface area contributed by atoms with Crippen molar-refractivity contribution in [2.45, 2.75) is 31.9 Å². The SMILES string of the molecule is O=C(NCc1ccccc1-c1ccccc1)[C@H]1CC(=O)N(Cc2cc(C(F)(F)F)cc(C(F)(F)F)c2)C1. The van der Waals surface area contributed by atoms with Gasteiger partial charge in [0.1, 0.15) is 0 Å². The van der Waals surface area contributed by atoms with Gasteiger partial charge in [0.25, 0.3) is 0 Å². The van der Waals surface area contributed by atoms with Crippen LogP contribution in [-0.4, -0.2) is 23.3 Å². The van der Waals surface area contributed by atoms with Gasteiger partial charge >= 0.3 is 12.4 Å². The maximum Gasteiger partial charge on any atom is 0.416 e. The van der Waals surface area contributed by atoms with Crippen LogP contribution >= 0.6 is 0 Å². The number of nitrogens with zero attached hydrogens (tertiary/aromatic N) is 1. The molecule has 0 radical (unpaired) electrons. The Hall–Kier alpha value is -3.82. The molecule has 10 heteroatoms. The van der Waals surface area contributed by atoms with Crippen LogP contribution in [0.3, 0.4) is 0 Å². The van der Waals surface area contributed by atoms with E-state index in [1.54, 1.807) is 0 Å². The maximum absolute atomic E-state index is 13.2. The lowest BCUT2D eigenvalue weighted by molar-refractivity contribution is -0.143. The van der Waals surface area contributed by atoms with E-state index >= 15 is 0 Å². The van der Waals surface area contributed by atoms with Crippen LogP contribution in [0.2, 0.25) is 0 Å². The number of hydrogen-bond acceptors (Lipinski definition) is 2. The Bertz CT molecular complexity index is 1260. The topological polar surface area (TPSA) is 49.4 Å². The average Bonchev–Trinajstić information content (AvgIpc) is 3.22. The summed E-state index contributed by atoms with van der Waals surface area (Å²) in [6, 6.07) is 18.3. The van der Waals surface area contributed by atoms with Gasteiger partial charge in [0.05, 0.1) is 17.0 Å². The third kappa shape index (κ3) is 6.31. The molecule has 1 fully saturated rings. The standard InChI is InChI=1S/C27H22F6N2O2/c28-26(29,30)21-10-17(11-22(13-21)27(31,32)33)15-35-16-20(12-24(35)36)25(37)34-14-19-8-4-5-9-23(19)18-6-2-1-3-7-18/h1-11,13,20H,12,14-16H2,(H,34,37)/t20-/m0/s1. The fourth-order valence-corrected chi connectivity index (χ4v) is 4.33. The fraction of sp³-hybridized carbons (Fsp3) is 0.259. The van der Waals surface area contributed by atoms with Crippen molar-refractivity contribution in [1.29, 1.82) is 0 Å². The molecule has 37 heavy (non-hydrogen) atoms. The quantitative estimate of drug-likeness (QED) is 0.402. The van der Waals surface area contributed by atoms with Gasteiger partial charge in [-0.1, -0.05) is 54.6 Å². The summed E-state index contributed by atoms with van der Waals surface area (Å²) < 4.78 is 78.9. The molecule has 194 valence electrons. The lowest BCUT2D eigenvalue weighted by Crippen LogP contribution is -2.32. The Balaban J connectivity index is 1.44. The molecule has 1 aliphatic heterocycles. The lowest BCUT2D eigenvalue weighted by atomic mass is 9.99. The number of nitrogens with one attached hydrogen (secondary N) is 1. The molecule has 1 heterocycles. The molecule has 3 aromatic carbocycles. The van der Waals surface area contributed by atoms with Gasteiger partial charge in [-0.25, -0.2) is 0 Å². The van der Waals surface area contributed by atoms with Crippen molar-refractivity contribution in [1.82, 2.24) is 10.2 Å². The second-order valence-electron chi connectivity index (χ2n) is 8.83. The second kappa shape index (κ2) is 10.3. The third-order valence-corrected chi connectivity index (χ3v) is 6.16. The molecule has 1 atom stereocenters. The van der Waals surface area contributed by atoms with Gasteiger partial charge in [0, 0.05) is 26.1 Å². The number of rotatable bonds is 6. The highest BCUT2D eigenvalue weighted by molar-refractivity contribution is 5.89. The van der Waals surface area contributed by atoms with Crippen molar-refractivity contribution < 1.29 is 35.9 Å². The highest BCUT2D eigenvalue weighted by Gasteiger charge is 2.38. The minimum absolute atomic E-state index is 0.0405. The number of halogens is 6. The van der Waals surface area contributed by atoms with Crippen LogP contribution in [0.5, 0.6) is 0 Å². The van der Waals surface area contributed by atoms with Gasteiger partial charge in [-0.2, -0.15) is 26.3 Å². The summed E-state index contributed by atoms with van der Waals surface area (Å²) in [4.78, 5) is 26.4. The van der Waals surface area contributed by atoms with E-state index in [-0.39, 0.29) is 31.1 Å². The Labute approximate surface area is 208 Å². The number of likely N-dealkylation sites (tertiary alicyclic amines) is 1. The largest absolute Gasteiger partial charge is 0.416 e. The monoisotopic (exact) mass is 520 g/mol. The minimum atomic E-state index is -4.98. The molecule has 4 nitrogen and oxygen atoms in total. The predicted molar refractivity (Wildman–Crippen MR) is 124 cm³/mol. The second-order valence-corrected chi connectivity index (χ2v) is 8.83. The van der Waals surface area contributed by atoms with E-state index in [2.05, 4.69) is 5.32 Å². The summed E-state index contributed by atoms with van der Waals surface area (Å²) >= 11 is 0. The lowest BCUT2D eigenvalue weighted by Gasteiger charge is -2.19. The third-order valence-electron chi connectivity index (χ3n) is 6.16. The fourth-order valence-electron chi connectivity index (χ4n) is 4.33. The summed E-state index contributed by atoms with van der Waals surface area (Å²) in [6.45, 7) is -0.383. The zero-order chi connectivity index (χ0) is 26.8. The van der Waals surface area contributed by atoms with Gasteiger partial charge in [-0.3, -0.25) is 9.59 Å². The highest BCUT2D eigenvalue weighted by Crippen LogP contribution is 2.37. The van der Waals surface area contributed by atoms with Gasteiger partial charge < -0.3 is 10.2 Å². The Kier molecular flexibility index (Phi) is 7.29. The molecule has 4 rings (SSSR count). The first-order chi connectivity index (χ1) is 17.4. The number of carbonyl (C=O) groups excluding carboxylic acids is 2. The van der Waals surface area contributed by atoms with Crippen molar-refractivity contribution in [3.63, 3.8) is 0 Å². The number of amides is 2. The molecule has 1 saturated heterocycles. The van der Waals surface area contributed by atoms with E-state index in [1.165, 1.54) is 0 Å². The molecule has 0 spiro atoms. The molecule has 1 aliphatic rings. The molecular formula is C27H22F6N2O2. The predicted octanol–water partition coefficient (Wildman–Crippen LogP) is 6.06. The van der Waals surface area contributed by atoms with Crippen molar-refractivity contribution >= 4 is 11.8 Å².